The maximum atomic E-state index is 11.2. The second kappa shape index (κ2) is 6.00. The van der Waals surface area contributed by atoms with E-state index in [9.17, 15) is 9.90 Å². The number of nitrogens with zero attached hydrogens (tertiary/aromatic N) is 2. The molecule has 0 aliphatic carbocycles. The molecule has 1 atom stereocenters. The molecule has 0 spiro atoms. The van der Waals surface area contributed by atoms with Crippen molar-refractivity contribution in [2.24, 2.45) is 0 Å². The van der Waals surface area contributed by atoms with Gasteiger partial charge in [0, 0.05) is 18.8 Å². The first kappa shape index (κ1) is 13.2. The number of hydrogen-bond donors (Lipinski definition) is 1. The highest BCUT2D eigenvalue weighted by molar-refractivity contribution is 5.75. The first-order valence-electron chi connectivity index (χ1n) is 5.14. The number of rotatable bonds is 6. The lowest BCUT2D eigenvalue weighted by molar-refractivity contribution is -0.142. The van der Waals surface area contributed by atoms with Gasteiger partial charge in [0.05, 0.1) is 7.11 Å². The standard InChI is InChI=1S/C12H16N2O3/c1-4-7-14(2)11(12(15)16)9-5-6-10(17-3)13-8-9/h4-6,8,11H,1,7H2,2-3H3,(H,15,16)/t11-/m0/s1. The Bertz CT molecular complexity index is 389. The fourth-order valence-electron chi connectivity index (χ4n) is 1.57. The topological polar surface area (TPSA) is 62.7 Å². The summed E-state index contributed by atoms with van der Waals surface area (Å²) in [5, 5.41) is 9.22. The quantitative estimate of drug-likeness (QED) is 0.755. The number of methoxy groups -OCH3 is 1. The van der Waals surface area contributed by atoms with E-state index in [2.05, 4.69) is 11.6 Å². The van der Waals surface area contributed by atoms with Gasteiger partial charge in [-0.05, 0) is 18.7 Å². The molecule has 0 aliphatic rings. The zero-order valence-electron chi connectivity index (χ0n) is 9.96. The van der Waals surface area contributed by atoms with Crippen LogP contribution in [0.2, 0.25) is 0 Å². The van der Waals surface area contributed by atoms with E-state index in [1.807, 2.05) is 0 Å². The lowest BCUT2D eigenvalue weighted by Crippen LogP contribution is -2.31. The van der Waals surface area contributed by atoms with Crippen LogP contribution in [-0.4, -0.2) is 41.7 Å². The fourth-order valence-corrected chi connectivity index (χ4v) is 1.57. The van der Waals surface area contributed by atoms with Crippen molar-refractivity contribution >= 4 is 5.97 Å². The minimum absolute atomic E-state index is 0.462. The summed E-state index contributed by atoms with van der Waals surface area (Å²) in [5.41, 5.74) is 0.614. The van der Waals surface area contributed by atoms with Gasteiger partial charge in [-0.1, -0.05) is 6.08 Å². The molecular formula is C12H16N2O3. The van der Waals surface area contributed by atoms with Crippen molar-refractivity contribution in [3.63, 3.8) is 0 Å². The van der Waals surface area contributed by atoms with E-state index < -0.39 is 12.0 Å². The molecule has 1 aromatic rings. The number of aliphatic carboxylic acids is 1. The summed E-state index contributed by atoms with van der Waals surface area (Å²) in [6.45, 7) is 4.08. The van der Waals surface area contributed by atoms with Crippen LogP contribution in [0.25, 0.3) is 0 Å². The molecule has 92 valence electrons. The Kier molecular flexibility index (Phi) is 4.66. The molecule has 1 aromatic heterocycles. The SMILES string of the molecule is C=CCN(C)[C@H](C(=O)O)c1ccc(OC)nc1. The van der Waals surface area contributed by atoms with Crippen LogP contribution in [0.15, 0.2) is 31.0 Å². The van der Waals surface area contributed by atoms with E-state index in [1.54, 1.807) is 30.2 Å². The molecule has 0 amide bonds. The Morgan fingerprint density at radius 1 is 1.71 bits per heavy atom. The Hall–Kier alpha value is -1.88. The van der Waals surface area contributed by atoms with Crippen LogP contribution in [-0.2, 0) is 4.79 Å². The van der Waals surface area contributed by atoms with Gasteiger partial charge in [0.15, 0.2) is 0 Å². The predicted octanol–water partition coefficient (Wildman–Crippen LogP) is 1.33. The number of aromatic nitrogens is 1. The van der Waals surface area contributed by atoms with Crippen LogP contribution in [0.3, 0.4) is 0 Å². The van der Waals surface area contributed by atoms with Crippen molar-refractivity contribution in [1.82, 2.24) is 9.88 Å². The Morgan fingerprint density at radius 3 is 2.82 bits per heavy atom. The van der Waals surface area contributed by atoms with Gasteiger partial charge in [-0.15, -0.1) is 6.58 Å². The normalized spacial score (nSPS) is 12.2. The molecule has 0 fully saturated rings. The van der Waals surface area contributed by atoms with Gasteiger partial charge in [-0.25, -0.2) is 4.98 Å². The molecular weight excluding hydrogens is 220 g/mol. The van der Waals surface area contributed by atoms with Crippen LogP contribution in [0.1, 0.15) is 11.6 Å². The molecule has 0 saturated heterocycles. The number of carboxylic acid groups (broad SMARTS) is 1. The maximum absolute atomic E-state index is 11.2. The summed E-state index contributed by atoms with van der Waals surface area (Å²) in [7, 11) is 3.24. The molecule has 5 nitrogen and oxygen atoms in total. The fraction of sp³-hybridized carbons (Fsp3) is 0.333. The first-order chi connectivity index (χ1) is 8.10. The van der Waals surface area contributed by atoms with Gasteiger partial charge < -0.3 is 9.84 Å². The third-order valence-corrected chi connectivity index (χ3v) is 2.38. The van der Waals surface area contributed by atoms with Crippen molar-refractivity contribution in [2.75, 3.05) is 20.7 Å². The zero-order valence-corrected chi connectivity index (χ0v) is 9.96. The number of likely N-dealkylation sites (N-methyl/N-ethyl adjacent to an activating group) is 1. The second-order valence-corrected chi connectivity index (χ2v) is 3.60. The van der Waals surface area contributed by atoms with Gasteiger partial charge in [-0.3, -0.25) is 9.69 Å². The third-order valence-electron chi connectivity index (χ3n) is 2.38. The molecule has 1 heterocycles. The van der Waals surface area contributed by atoms with E-state index in [0.29, 0.717) is 18.0 Å². The average Bonchev–Trinajstić information content (AvgIpc) is 2.30. The number of ether oxygens (including phenoxy) is 1. The summed E-state index contributed by atoms with van der Waals surface area (Å²) < 4.78 is 4.93. The summed E-state index contributed by atoms with van der Waals surface area (Å²) in [5.74, 6) is -0.453. The predicted molar refractivity (Wildman–Crippen MR) is 64.0 cm³/mol. The molecule has 1 rings (SSSR count). The van der Waals surface area contributed by atoms with Crippen molar-refractivity contribution in [3.05, 3.63) is 36.5 Å². The van der Waals surface area contributed by atoms with Crippen LogP contribution < -0.4 is 4.74 Å². The van der Waals surface area contributed by atoms with Gasteiger partial charge in [0.1, 0.15) is 6.04 Å². The minimum atomic E-state index is -0.915. The van der Waals surface area contributed by atoms with E-state index in [-0.39, 0.29) is 0 Å². The van der Waals surface area contributed by atoms with Crippen molar-refractivity contribution in [2.45, 2.75) is 6.04 Å². The van der Waals surface area contributed by atoms with Crippen molar-refractivity contribution in [1.29, 1.82) is 0 Å². The summed E-state index contributed by atoms with van der Waals surface area (Å²) in [4.78, 5) is 16.9. The van der Waals surface area contributed by atoms with Gasteiger partial charge >= 0.3 is 5.97 Å². The van der Waals surface area contributed by atoms with E-state index in [0.717, 1.165) is 0 Å². The molecule has 0 unspecified atom stereocenters. The largest absolute Gasteiger partial charge is 0.481 e. The smallest absolute Gasteiger partial charge is 0.325 e. The molecule has 5 heteroatoms. The second-order valence-electron chi connectivity index (χ2n) is 3.60. The van der Waals surface area contributed by atoms with Crippen molar-refractivity contribution < 1.29 is 14.6 Å². The summed E-state index contributed by atoms with van der Waals surface area (Å²) in [6, 6.07) is 2.61. The summed E-state index contributed by atoms with van der Waals surface area (Å²) in [6.07, 6.45) is 3.17. The molecule has 0 aliphatic heterocycles. The molecule has 0 aromatic carbocycles. The molecule has 1 N–H and O–H groups in total. The first-order valence-corrected chi connectivity index (χ1v) is 5.14. The lowest BCUT2D eigenvalue weighted by atomic mass is 10.1. The van der Waals surface area contributed by atoms with E-state index in [4.69, 9.17) is 4.74 Å². The van der Waals surface area contributed by atoms with E-state index >= 15 is 0 Å². The van der Waals surface area contributed by atoms with Crippen LogP contribution in [0.5, 0.6) is 5.88 Å². The Balaban J connectivity index is 2.96. The van der Waals surface area contributed by atoms with Crippen LogP contribution in [0, 0.1) is 0 Å². The van der Waals surface area contributed by atoms with E-state index in [1.165, 1.54) is 13.3 Å². The highest BCUT2D eigenvalue weighted by Gasteiger charge is 2.24. The van der Waals surface area contributed by atoms with Gasteiger partial charge in [0.25, 0.3) is 0 Å². The lowest BCUT2D eigenvalue weighted by Gasteiger charge is -2.23. The molecule has 0 saturated carbocycles. The number of hydrogen-bond acceptors (Lipinski definition) is 4. The highest BCUT2D eigenvalue weighted by Crippen LogP contribution is 2.20. The maximum Gasteiger partial charge on any atom is 0.325 e. The van der Waals surface area contributed by atoms with Gasteiger partial charge in [-0.2, -0.15) is 0 Å². The molecule has 17 heavy (non-hydrogen) atoms. The minimum Gasteiger partial charge on any atom is -0.481 e. The highest BCUT2D eigenvalue weighted by atomic mass is 16.5. The third kappa shape index (κ3) is 3.29. The number of carboxylic acids is 1. The Morgan fingerprint density at radius 2 is 2.41 bits per heavy atom. The average molecular weight is 236 g/mol. The summed E-state index contributed by atoms with van der Waals surface area (Å²) >= 11 is 0. The van der Waals surface area contributed by atoms with Crippen LogP contribution in [0.4, 0.5) is 0 Å². The Labute approximate surface area is 100 Å². The molecule has 0 bridgehead atoms. The van der Waals surface area contributed by atoms with Crippen LogP contribution >= 0.6 is 0 Å². The zero-order chi connectivity index (χ0) is 12.8. The monoisotopic (exact) mass is 236 g/mol. The molecule has 0 radical (unpaired) electrons. The van der Waals surface area contributed by atoms with Gasteiger partial charge in [0.2, 0.25) is 5.88 Å². The number of carbonyl (C=O) groups is 1. The van der Waals surface area contributed by atoms with Crippen molar-refractivity contribution in [3.8, 4) is 5.88 Å². The number of pyridine rings is 1.